The summed E-state index contributed by atoms with van der Waals surface area (Å²) < 4.78 is 0. The average molecular weight is 386 g/mol. The molecule has 1 aromatic heterocycles. The molecule has 3 aromatic carbocycles. The Morgan fingerprint density at radius 3 is 2.69 bits per heavy atom. The fourth-order valence-corrected chi connectivity index (χ4v) is 3.42. The summed E-state index contributed by atoms with van der Waals surface area (Å²) in [5, 5.41) is 20.4. The molecule has 6 heteroatoms. The predicted molar refractivity (Wildman–Crippen MR) is 114 cm³/mol. The zero-order chi connectivity index (χ0) is 20.4. The molecule has 0 aliphatic carbocycles. The van der Waals surface area contributed by atoms with Gasteiger partial charge in [0.1, 0.15) is 0 Å². The van der Waals surface area contributed by atoms with Crippen LogP contribution in [0.25, 0.3) is 22.0 Å². The number of nitrogens with two attached hydrogens (primary N) is 1. The van der Waals surface area contributed by atoms with Gasteiger partial charge >= 0.3 is 0 Å². The number of nitrogen functional groups attached to an aromatic ring is 1. The molecule has 0 aliphatic heterocycles. The van der Waals surface area contributed by atoms with Gasteiger partial charge in [0.05, 0.1) is 18.2 Å². The Labute approximate surface area is 168 Å². The highest BCUT2D eigenvalue weighted by molar-refractivity contribution is 5.97. The molecule has 1 atom stereocenters. The molecule has 5 N–H and O–H groups in total. The number of fused-ring (bicyclic) bond motifs is 1. The molecule has 1 unspecified atom stereocenters. The Balaban J connectivity index is 1.60. The minimum Gasteiger partial charge on any atom is -0.394 e. The van der Waals surface area contributed by atoms with E-state index in [-0.39, 0.29) is 12.5 Å². The monoisotopic (exact) mass is 386 g/mol. The average Bonchev–Trinajstić information content (AvgIpc) is 3.12. The van der Waals surface area contributed by atoms with E-state index in [0.29, 0.717) is 11.4 Å². The van der Waals surface area contributed by atoms with Gasteiger partial charge < -0.3 is 16.2 Å². The Morgan fingerprint density at radius 2 is 1.90 bits per heavy atom. The molecule has 1 heterocycles. The van der Waals surface area contributed by atoms with Crippen LogP contribution < -0.4 is 11.1 Å². The molecule has 4 aromatic rings. The fourth-order valence-electron chi connectivity index (χ4n) is 3.42. The number of hydrogen-bond donors (Lipinski definition) is 4. The van der Waals surface area contributed by atoms with E-state index in [2.05, 4.69) is 15.5 Å². The molecule has 0 spiro atoms. The maximum atomic E-state index is 12.8. The maximum absolute atomic E-state index is 12.8. The lowest BCUT2D eigenvalue weighted by molar-refractivity contribution is 0.0916. The van der Waals surface area contributed by atoms with Crippen molar-refractivity contribution in [3.8, 4) is 11.1 Å². The van der Waals surface area contributed by atoms with Crippen LogP contribution in [0, 0.1) is 6.92 Å². The number of aliphatic hydroxyl groups is 1. The maximum Gasteiger partial charge on any atom is 0.251 e. The number of rotatable bonds is 5. The molecule has 0 aliphatic rings. The van der Waals surface area contributed by atoms with Crippen molar-refractivity contribution in [1.82, 2.24) is 15.5 Å². The number of aromatic nitrogens is 2. The number of hydrogen-bond acceptors (Lipinski definition) is 4. The van der Waals surface area contributed by atoms with Gasteiger partial charge in [-0.3, -0.25) is 9.89 Å². The number of amides is 1. The van der Waals surface area contributed by atoms with Crippen LogP contribution in [-0.2, 0) is 0 Å². The molecule has 0 radical (unpaired) electrons. The van der Waals surface area contributed by atoms with E-state index in [0.717, 1.165) is 33.2 Å². The molecule has 0 saturated heterocycles. The van der Waals surface area contributed by atoms with E-state index >= 15 is 0 Å². The zero-order valence-corrected chi connectivity index (χ0v) is 16.0. The predicted octanol–water partition coefficient (Wildman–Crippen LogP) is 3.58. The lowest BCUT2D eigenvalue weighted by atomic mass is 10.0. The first-order valence-electron chi connectivity index (χ1n) is 9.37. The Hall–Kier alpha value is -3.64. The summed E-state index contributed by atoms with van der Waals surface area (Å²) >= 11 is 0. The summed E-state index contributed by atoms with van der Waals surface area (Å²) in [6.45, 7) is 1.80. The third-order valence-electron chi connectivity index (χ3n) is 4.98. The van der Waals surface area contributed by atoms with Crippen LogP contribution >= 0.6 is 0 Å². The van der Waals surface area contributed by atoms with Crippen LogP contribution in [0.5, 0.6) is 0 Å². The second-order valence-electron chi connectivity index (χ2n) is 7.07. The zero-order valence-electron chi connectivity index (χ0n) is 16.0. The number of benzene rings is 3. The number of carbonyl (C=O) groups excluding carboxylic acids is 1. The normalized spacial score (nSPS) is 12.1. The van der Waals surface area contributed by atoms with E-state index in [1.165, 1.54) is 0 Å². The second-order valence-corrected chi connectivity index (χ2v) is 7.07. The molecule has 0 saturated carbocycles. The van der Waals surface area contributed by atoms with Gasteiger partial charge in [0, 0.05) is 10.9 Å². The van der Waals surface area contributed by atoms with Crippen LogP contribution in [0.3, 0.4) is 0 Å². The summed E-state index contributed by atoms with van der Waals surface area (Å²) in [5.74, 6) is 0.205. The van der Waals surface area contributed by atoms with Gasteiger partial charge in [-0.05, 0) is 47.9 Å². The van der Waals surface area contributed by atoms with Gasteiger partial charge in [-0.25, -0.2) is 0 Å². The molecule has 0 fully saturated rings. The molecule has 1 amide bonds. The van der Waals surface area contributed by atoms with Crippen molar-refractivity contribution in [2.75, 3.05) is 12.3 Å². The highest BCUT2D eigenvalue weighted by Gasteiger charge is 2.16. The van der Waals surface area contributed by atoms with E-state index in [9.17, 15) is 9.90 Å². The summed E-state index contributed by atoms with van der Waals surface area (Å²) in [6, 6.07) is 20.5. The summed E-state index contributed by atoms with van der Waals surface area (Å²) in [7, 11) is 0. The van der Waals surface area contributed by atoms with E-state index in [4.69, 9.17) is 5.73 Å². The van der Waals surface area contributed by atoms with Crippen LogP contribution in [0.15, 0.2) is 66.7 Å². The van der Waals surface area contributed by atoms with Crippen molar-refractivity contribution < 1.29 is 9.90 Å². The summed E-state index contributed by atoms with van der Waals surface area (Å²) in [6.07, 6.45) is 0. The number of anilines is 1. The van der Waals surface area contributed by atoms with Gasteiger partial charge in [0.15, 0.2) is 5.82 Å². The molecule has 6 nitrogen and oxygen atoms in total. The van der Waals surface area contributed by atoms with Crippen LogP contribution in [0.4, 0.5) is 5.82 Å². The number of nitrogens with one attached hydrogen (secondary N) is 2. The minimum atomic E-state index is -0.465. The summed E-state index contributed by atoms with van der Waals surface area (Å²) in [5.41, 5.74) is 11.1. The highest BCUT2D eigenvalue weighted by Crippen LogP contribution is 2.27. The molecule has 0 bridgehead atoms. The number of carbonyl (C=O) groups is 1. The SMILES string of the molecule is Cc1cccc(C(CO)NC(=O)c2cccc(-c3ccc4[nH]nc(N)c4c3)c2)c1. The van der Waals surface area contributed by atoms with E-state index < -0.39 is 6.04 Å². The van der Waals surface area contributed by atoms with Crippen molar-refractivity contribution in [3.05, 3.63) is 83.4 Å². The number of H-pyrrole nitrogens is 1. The Morgan fingerprint density at radius 1 is 1.10 bits per heavy atom. The van der Waals surface area contributed by atoms with E-state index in [1.54, 1.807) is 6.07 Å². The lowest BCUT2D eigenvalue weighted by Crippen LogP contribution is -2.30. The molecule has 4 rings (SSSR count). The quantitative estimate of drug-likeness (QED) is 0.421. The van der Waals surface area contributed by atoms with Gasteiger partial charge in [-0.15, -0.1) is 0 Å². The highest BCUT2D eigenvalue weighted by atomic mass is 16.3. The minimum absolute atomic E-state index is 0.175. The Kier molecular flexibility index (Phi) is 5.01. The third-order valence-corrected chi connectivity index (χ3v) is 4.98. The molecular formula is C23H22N4O2. The third kappa shape index (κ3) is 3.83. The smallest absolute Gasteiger partial charge is 0.251 e. The van der Waals surface area contributed by atoms with Crippen molar-refractivity contribution in [2.45, 2.75) is 13.0 Å². The van der Waals surface area contributed by atoms with Crippen LogP contribution in [0.1, 0.15) is 27.5 Å². The molecular weight excluding hydrogens is 364 g/mol. The first kappa shape index (κ1) is 18.7. The topological polar surface area (TPSA) is 104 Å². The Bertz CT molecular complexity index is 1180. The largest absolute Gasteiger partial charge is 0.394 e. The summed E-state index contributed by atoms with van der Waals surface area (Å²) in [4.78, 5) is 12.8. The van der Waals surface area contributed by atoms with Crippen molar-refractivity contribution in [3.63, 3.8) is 0 Å². The fraction of sp³-hybridized carbons (Fsp3) is 0.130. The molecule has 29 heavy (non-hydrogen) atoms. The number of aryl methyl sites for hydroxylation is 1. The van der Waals surface area contributed by atoms with Gasteiger partial charge in [0.25, 0.3) is 5.91 Å². The number of aliphatic hydroxyl groups excluding tert-OH is 1. The van der Waals surface area contributed by atoms with Crippen LogP contribution in [0.2, 0.25) is 0 Å². The van der Waals surface area contributed by atoms with Gasteiger partial charge in [0.2, 0.25) is 0 Å². The first-order chi connectivity index (χ1) is 14.0. The molecule has 146 valence electrons. The standard InChI is InChI=1S/C23H22N4O2/c1-14-4-2-6-17(10-14)21(13-28)25-23(29)18-7-3-5-15(11-18)16-8-9-20-19(12-16)22(24)27-26-20/h2-12,21,28H,13H2,1H3,(H,25,29)(H3,24,26,27). The van der Waals surface area contributed by atoms with Crippen LogP contribution in [-0.4, -0.2) is 27.8 Å². The van der Waals surface area contributed by atoms with Crippen molar-refractivity contribution >= 4 is 22.6 Å². The second kappa shape index (κ2) is 7.77. The number of aromatic amines is 1. The van der Waals surface area contributed by atoms with E-state index in [1.807, 2.05) is 67.6 Å². The first-order valence-corrected chi connectivity index (χ1v) is 9.37. The van der Waals surface area contributed by atoms with Crippen molar-refractivity contribution in [2.24, 2.45) is 0 Å². The van der Waals surface area contributed by atoms with Gasteiger partial charge in [-0.1, -0.05) is 48.0 Å². The van der Waals surface area contributed by atoms with Crippen molar-refractivity contribution in [1.29, 1.82) is 0 Å². The number of nitrogens with zero attached hydrogens (tertiary/aromatic N) is 1. The van der Waals surface area contributed by atoms with Gasteiger partial charge in [-0.2, -0.15) is 5.10 Å². The lowest BCUT2D eigenvalue weighted by Gasteiger charge is -2.17.